The first-order valence-electron chi connectivity index (χ1n) is 5.10. The van der Waals surface area contributed by atoms with Crippen molar-refractivity contribution in [2.75, 3.05) is 20.2 Å². The first-order valence-corrected chi connectivity index (χ1v) is 5.10. The van der Waals surface area contributed by atoms with Crippen LogP contribution < -0.4 is 10.1 Å². The second-order valence-corrected chi connectivity index (χ2v) is 3.78. The van der Waals surface area contributed by atoms with Crippen molar-refractivity contribution in [1.29, 1.82) is 0 Å². The normalized spacial score (nSPS) is 22.3. The predicted octanol–water partition coefficient (Wildman–Crippen LogP) is 0.896. The molecule has 1 N–H and O–H groups in total. The van der Waals surface area contributed by atoms with E-state index in [4.69, 9.17) is 4.74 Å². The Balaban J connectivity index is 2.14. The van der Waals surface area contributed by atoms with Crippen LogP contribution in [0.5, 0.6) is 5.88 Å². The van der Waals surface area contributed by atoms with E-state index in [1.807, 2.05) is 13.1 Å². The summed E-state index contributed by atoms with van der Waals surface area (Å²) in [7, 11) is 3.60. The Kier molecular flexibility index (Phi) is 2.72. The van der Waals surface area contributed by atoms with E-state index >= 15 is 0 Å². The number of nitrogens with zero attached hydrogens (tertiary/aromatic N) is 2. The van der Waals surface area contributed by atoms with Gasteiger partial charge in [-0.1, -0.05) is 0 Å². The highest BCUT2D eigenvalue weighted by molar-refractivity contribution is 5.19. The van der Waals surface area contributed by atoms with Gasteiger partial charge >= 0.3 is 0 Å². The van der Waals surface area contributed by atoms with E-state index in [-0.39, 0.29) is 0 Å². The minimum atomic E-state index is 0.554. The van der Waals surface area contributed by atoms with Gasteiger partial charge in [-0.05, 0) is 19.4 Å². The maximum atomic E-state index is 5.20. The third-order valence-electron chi connectivity index (χ3n) is 2.78. The number of ether oxygens (including phenoxy) is 1. The fraction of sp³-hybridized carbons (Fsp3) is 0.700. The molecule has 4 nitrogen and oxygen atoms in total. The van der Waals surface area contributed by atoms with E-state index in [2.05, 4.69) is 10.4 Å². The third-order valence-corrected chi connectivity index (χ3v) is 2.78. The second kappa shape index (κ2) is 4.00. The van der Waals surface area contributed by atoms with E-state index in [1.165, 1.54) is 12.8 Å². The first-order chi connectivity index (χ1) is 6.81. The van der Waals surface area contributed by atoms with Crippen LogP contribution in [0.25, 0.3) is 0 Å². The zero-order chi connectivity index (χ0) is 9.97. The number of piperidine rings is 1. The van der Waals surface area contributed by atoms with Crippen molar-refractivity contribution in [1.82, 2.24) is 15.1 Å². The van der Waals surface area contributed by atoms with Crippen molar-refractivity contribution in [3.8, 4) is 5.88 Å². The molecule has 2 heterocycles. The molecule has 0 saturated carbocycles. The maximum Gasteiger partial charge on any atom is 0.211 e. The monoisotopic (exact) mass is 195 g/mol. The quantitative estimate of drug-likeness (QED) is 0.762. The molecule has 1 aromatic rings. The van der Waals surface area contributed by atoms with Gasteiger partial charge in [-0.15, -0.1) is 0 Å². The fourth-order valence-corrected chi connectivity index (χ4v) is 1.97. The lowest BCUT2D eigenvalue weighted by Gasteiger charge is -2.20. The molecule has 0 aromatic carbocycles. The number of aryl methyl sites for hydroxylation is 1. The van der Waals surface area contributed by atoms with Crippen molar-refractivity contribution in [2.45, 2.75) is 18.8 Å². The Morgan fingerprint density at radius 2 is 2.50 bits per heavy atom. The smallest absolute Gasteiger partial charge is 0.211 e. The molecule has 1 aliphatic rings. The lowest BCUT2D eigenvalue weighted by Crippen LogP contribution is -2.28. The number of hydrogen-bond donors (Lipinski definition) is 1. The first kappa shape index (κ1) is 9.52. The molecule has 0 radical (unpaired) electrons. The summed E-state index contributed by atoms with van der Waals surface area (Å²) >= 11 is 0. The zero-order valence-electron chi connectivity index (χ0n) is 8.79. The molecule has 0 bridgehead atoms. The molecular weight excluding hydrogens is 178 g/mol. The van der Waals surface area contributed by atoms with Crippen LogP contribution in [0.15, 0.2) is 6.07 Å². The maximum absolute atomic E-state index is 5.20. The molecule has 1 aliphatic heterocycles. The van der Waals surface area contributed by atoms with Crippen LogP contribution in [0.2, 0.25) is 0 Å². The van der Waals surface area contributed by atoms with E-state index in [9.17, 15) is 0 Å². The number of methoxy groups -OCH3 is 1. The second-order valence-electron chi connectivity index (χ2n) is 3.78. The van der Waals surface area contributed by atoms with Crippen molar-refractivity contribution in [3.63, 3.8) is 0 Å². The molecule has 1 saturated heterocycles. The summed E-state index contributed by atoms with van der Waals surface area (Å²) in [6, 6.07) is 2.04. The molecule has 0 amide bonds. The summed E-state index contributed by atoms with van der Waals surface area (Å²) in [6.45, 7) is 2.18. The molecule has 14 heavy (non-hydrogen) atoms. The highest BCUT2D eigenvalue weighted by atomic mass is 16.5. The Hall–Kier alpha value is -1.03. The summed E-state index contributed by atoms with van der Waals surface area (Å²) in [6.07, 6.45) is 2.47. The number of aromatic nitrogens is 2. The highest BCUT2D eigenvalue weighted by Gasteiger charge is 2.18. The molecule has 1 aromatic heterocycles. The highest BCUT2D eigenvalue weighted by Crippen LogP contribution is 2.24. The van der Waals surface area contributed by atoms with Crippen LogP contribution in [-0.2, 0) is 7.05 Å². The number of rotatable bonds is 2. The van der Waals surface area contributed by atoms with Crippen LogP contribution in [-0.4, -0.2) is 30.0 Å². The Morgan fingerprint density at radius 1 is 1.64 bits per heavy atom. The molecule has 2 rings (SSSR count). The lowest BCUT2D eigenvalue weighted by atomic mass is 9.96. The summed E-state index contributed by atoms with van der Waals surface area (Å²) in [4.78, 5) is 0. The largest absolute Gasteiger partial charge is 0.481 e. The number of hydrogen-bond acceptors (Lipinski definition) is 3. The zero-order valence-corrected chi connectivity index (χ0v) is 8.79. The van der Waals surface area contributed by atoms with Crippen LogP contribution in [0.1, 0.15) is 24.5 Å². The third kappa shape index (κ3) is 1.75. The van der Waals surface area contributed by atoms with Gasteiger partial charge in [-0.2, -0.15) is 5.10 Å². The van der Waals surface area contributed by atoms with E-state index < -0.39 is 0 Å². The van der Waals surface area contributed by atoms with Gasteiger partial charge in [0, 0.05) is 25.6 Å². The predicted molar refractivity (Wildman–Crippen MR) is 54.6 cm³/mol. The van der Waals surface area contributed by atoms with Crippen LogP contribution in [0.4, 0.5) is 0 Å². The van der Waals surface area contributed by atoms with Gasteiger partial charge in [-0.3, -0.25) is 0 Å². The SMILES string of the molecule is COc1cc(C2CCCNC2)nn1C. The molecule has 1 atom stereocenters. The summed E-state index contributed by atoms with van der Waals surface area (Å²) < 4.78 is 6.99. The Labute approximate surface area is 84.3 Å². The fourth-order valence-electron chi connectivity index (χ4n) is 1.97. The van der Waals surface area contributed by atoms with Crippen LogP contribution in [0, 0.1) is 0 Å². The van der Waals surface area contributed by atoms with Crippen molar-refractivity contribution in [2.24, 2.45) is 7.05 Å². The summed E-state index contributed by atoms with van der Waals surface area (Å²) in [5.74, 6) is 1.39. The molecular formula is C10H17N3O. The number of nitrogens with one attached hydrogen (secondary N) is 1. The van der Waals surface area contributed by atoms with Crippen molar-refractivity contribution < 1.29 is 4.74 Å². The molecule has 78 valence electrons. The van der Waals surface area contributed by atoms with Gasteiger partial charge in [-0.25, -0.2) is 4.68 Å². The molecule has 0 aliphatic carbocycles. The van der Waals surface area contributed by atoms with E-state index in [1.54, 1.807) is 11.8 Å². The van der Waals surface area contributed by atoms with Gasteiger partial charge in [0.25, 0.3) is 0 Å². The van der Waals surface area contributed by atoms with Gasteiger partial charge in [0.2, 0.25) is 5.88 Å². The van der Waals surface area contributed by atoms with Gasteiger partial charge in [0.1, 0.15) is 0 Å². The van der Waals surface area contributed by atoms with Crippen LogP contribution in [0.3, 0.4) is 0 Å². The van der Waals surface area contributed by atoms with Gasteiger partial charge in [0.15, 0.2) is 0 Å². The Bertz CT molecular complexity index is 302. The molecule has 1 fully saturated rings. The lowest BCUT2D eigenvalue weighted by molar-refractivity contribution is 0.373. The molecule has 1 unspecified atom stereocenters. The van der Waals surface area contributed by atoms with Gasteiger partial charge in [0.05, 0.1) is 12.8 Å². The molecule has 4 heteroatoms. The summed E-state index contributed by atoms with van der Waals surface area (Å²) in [5, 5.41) is 7.85. The topological polar surface area (TPSA) is 39.1 Å². The van der Waals surface area contributed by atoms with E-state index in [0.29, 0.717) is 5.92 Å². The average Bonchev–Trinajstić information content (AvgIpc) is 2.61. The average molecular weight is 195 g/mol. The summed E-state index contributed by atoms with van der Waals surface area (Å²) in [5.41, 5.74) is 1.15. The minimum absolute atomic E-state index is 0.554. The van der Waals surface area contributed by atoms with E-state index in [0.717, 1.165) is 24.7 Å². The van der Waals surface area contributed by atoms with Gasteiger partial charge < -0.3 is 10.1 Å². The standard InChI is InChI=1S/C10H17N3O/c1-13-10(14-2)6-9(12-13)8-4-3-5-11-7-8/h6,8,11H,3-5,7H2,1-2H3. The van der Waals surface area contributed by atoms with Crippen molar-refractivity contribution >= 4 is 0 Å². The Morgan fingerprint density at radius 3 is 3.07 bits per heavy atom. The minimum Gasteiger partial charge on any atom is -0.481 e. The van der Waals surface area contributed by atoms with Crippen molar-refractivity contribution in [3.05, 3.63) is 11.8 Å². The molecule has 0 spiro atoms. The van der Waals surface area contributed by atoms with Crippen LogP contribution >= 0.6 is 0 Å².